The highest BCUT2D eigenvalue weighted by atomic mass is 16.6. The molecular weight excluding hydrogens is 152 g/mol. The zero-order valence-corrected chi connectivity index (χ0v) is 7.54. The highest BCUT2D eigenvalue weighted by Gasteiger charge is 2.66. The fraction of sp³-hybridized carbons (Fsp3) is 0.900. The summed E-state index contributed by atoms with van der Waals surface area (Å²) >= 11 is 0. The first kappa shape index (κ1) is 6.93. The van der Waals surface area contributed by atoms with Gasteiger partial charge in [-0.3, -0.25) is 4.79 Å². The second-order valence-electron chi connectivity index (χ2n) is 4.95. The molecule has 3 aliphatic rings. The zero-order chi connectivity index (χ0) is 8.51. The minimum atomic E-state index is -0.0954. The van der Waals surface area contributed by atoms with Gasteiger partial charge in [0.2, 0.25) is 0 Å². The SMILES string of the molecule is C[C@@H]1C2CC3C1OC(=O)[C@]3(C)C2. The van der Waals surface area contributed by atoms with E-state index in [1.807, 2.05) is 0 Å². The molecule has 0 radical (unpaired) electrons. The third kappa shape index (κ3) is 0.511. The van der Waals surface area contributed by atoms with Crippen molar-refractivity contribution >= 4 is 5.97 Å². The van der Waals surface area contributed by atoms with Gasteiger partial charge in [0.1, 0.15) is 6.10 Å². The number of esters is 1. The Labute approximate surface area is 72.3 Å². The monoisotopic (exact) mass is 166 g/mol. The van der Waals surface area contributed by atoms with E-state index < -0.39 is 0 Å². The summed E-state index contributed by atoms with van der Waals surface area (Å²) in [4.78, 5) is 11.5. The second-order valence-corrected chi connectivity index (χ2v) is 4.95. The Morgan fingerprint density at radius 3 is 2.92 bits per heavy atom. The molecule has 3 rings (SSSR count). The topological polar surface area (TPSA) is 26.3 Å². The standard InChI is InChI=1S/C10H14O2/c1-5-6-3-7-8(5)12-9(11)10(7,2)4-6/h5-8H,3-4H2,1-2H3/t5-,6?,7?,8?,10-/m1/s1. The van der Waals surface area contributed by atoms with Crippen LogP contribution in [0.15, 0.2) is 0 Å². The molecular formula is C10H14O2. The lowest BCUT2D eigenvalue weighted by molar-refractivity contribution is -0.147. The molecule has 5 atom stereocenters. The molecule has 0 N–H and O–H groups in total. The number of hydrogen-bond donors (Lipinski definition) is 0. The van der Waals surface area contributed by atoms with Gasteiger partial charge in [-0.05, 0) is 31.6 Å². The van der Waals surface area contributed by atoms with E-state index >= 15 is 0 Å². The van der Waals surface area contributed by atoms with Gasteiger partial charge in [0, 0.05) is 5.92 Å². The summed E-state index contributed by atoms with van der Waals surface area (Å²) in [5.74, 6) is 2.00. The maximum atomic E-state index is 11.5. The Morgan fingerprint density at radius 2 is 2.33 bits per heavy atom. The summed E-state index contributed by atoms with van der Waals surface area (Å²) < 4.78 is 5.42. The van der Waals surface area contributed by atoms with Gasteiger partial charge in [-0.2, -0.15) is 0 Å². The maximum Gasteiger partial charge on any atom is 0.312 e. The summed E-state index contributed by atoms with van der Waals surface area (Å²) in [6.45, 7) is 4.32. The third-order valence-corrected chi connectivity index (χ3v) is 4.43. The quantitative estimate of drug-likeness (QED) is 0.511. The number of hydrogen-bond acceptors (Lipinski definition) is 2. The van der Waals surface area contributed by atoms with Crippen molar-refractivity contribution in [1.29, 1.82) is 0 Å². The van der Waals surface area contributed by atoms with E-state index in [-0.39, 0.29) is 17.5 Å². The number of rotatable bonds is 0. The van der Waals surface area contributed by atoms with Gasteiger partial charge in [0.25, 0.3) is 0 Å². The van der Waals surface area contributed by atoms with Crippen molar-refractivity contribution in [2.45, 2.75) is 32.8 Å². The maximum absolute atomic E-state index is 11.5. The van der Waals surface area contributed by atoms with Crippen LogP contribution in [0.2, 0.25) is 0 Å². The van der Waals surface area contributed by atoms with Crippen LogP contribution < -0.4 is 0 Å². The Hall–Kier alpha value is -0.530. The van der Waals surface area contributed by atoms with Crippen molar-refractivity contribution < 1.29 is 9.53 Å². The molecule has 12 heavy (non-hydrogen) atoms. The van der Waals surface area contributed by atoms with Gasteiger partial charge < -0.3 is 4.74 Å². The average molecular weight is 166 g/mol. The van der Waals surface area contributed by atoms with E-state index in [4.69, 9.17) is 4.74 Å². The Bertz CT molecular complexity index is 261. The van der Waals surface area contributed by atoms with Crippen LogP contribution in [0.4, 0.5) is 0 Å². The van der Waals surface area contributed by atoms with Crippen molar-refractivity contribution in [2.75, 3.05) is 0 Å². The van der Waals surface area contributed by atoms with E-state index in [9.17, 15) is 4.79 Å². The predicted molar refractivity (Wildman–Crippen MR) is 43.4 cm³/mol. The first-order valence-electron chi connectivity index (χ1n) is 4.84. The van der Waals surface area contributed by atoms with Crippen LogP contribution in [0.1, 0.15) is 26.7 Å². The molecule has 2 nitrogen and oxygen atoms in total. The fourth-order valence-corrected chi connectivity index (χ4v) is 3.58. The Morgan fingerprint density at radius 1 is 1.58 bits per heavy atom. The molecule has 2 heteroatoms. The number of fused-ring (bicyclic) bond motifs is 1. The van der Waals surface area contributed by atoms with E-state index in [1.165, 1.54) is 6.42 Å². The molecule has 3 unspecified atom stereocenters. The lowest BCUT2D eigenvalue weighted by Crippen LogP contribution is -2.31. The molecule has 0 aromatic heterocycles. The smallest absolute Gasteiger partial charge is 0.312 e. The van der Waals surface area contributed by atoms with Gasteiger partial charge in [0.05, 0.1) is 5.41 Å². The first-order chi connectivity index (χ1) is 5.63. The molecule has 0 aromatic carbocycles. The highest BCUT2D eigenvalue weighted by molar-refractivity contribution is 5.80. The van der Waals surface area contributed by atoms with Crippen LogP contribution in [0.5, 0.6) is 0 Å². The molecule has 3 fully saturated rings. The largest absolute Gasteiger partial charge is 0.461 e. The van der Waals surface area contributed by atoms with Crippen LogP contribution in [0, 0.1) is 23.2 Å². The van der Waals surface area contributed by atoms with Gasteiger partial charge in [-0.15, -0.1) is 0 Å². The normalized spacial score (nSPS) is 61.0. The Balaban J connectivity index is 2.09. The lowest BCUT2D eigenvalue weighted by Gasteiger charge is -2.26. The van der Waals surface area contributed by atoms with Gasteiger partial charge in [0.15, 0.2) is 0 Å². The number of carbonyl (C=O) groups excluding carboxylic acids is 1. The minimum absolute atomic E-state index is 0.0735. The summed E-state index contributed by atoms with van der Waals surface area (Å²) in [6, 6.07) is 0. The van der Waals surface area contributed by atoms with E-state index in [0.29, 0.717) is 11.8 Å². The molecule has 2 aliphatic carbocycles. The van der Waals surface area contributed by atoms with Crippen LogP contribution in [0.25, 0.3) is 0 Å². The summed E-state index contributed by atoms with van der Waals surface area (Å²) in [5, 5.41) is 0. The molecule has 0 aromatic rings. The Kier molecular flexibility index (Phi) is 0.984. The fourth-order valence-electron chi connectivity index (χ4n) is 3.58. The minimum Gasteiger partial charge on any atom is -0.461 e. The van der Waals surface area contributed by atoms with Crippen LogP contribution in [0.3, 0.4) is 0 Å². The van der Waals surface area contributed by atoms with Crippen molar-refractivity contribution in [3.63, 3.8) is 0 Å². The number of ether oxygens (including phenoxy) is 1. The molecule has 2 saturated carbocycles. The average Bonchev–Trinajstić information content (AvgIpc) is 2.53. The molecule has 2 bridgehead atoms. The second kappa shape index (κ2) is 1.70. The molecule has 66 valence electrons. The van der Waals surface area contributed by atoms with Gasteiger partial charge in [-0.25, -0.2) is 0 Å². The molecule has 0 amide bonds. The summed E-state index contributed by atoms with van der Waals surface area (Å²) in [5.41, 5.74) is -0.0954. The van der Waals surface area contributed by atoms with Gasteiger partial charge >= 0.3 is 5.97 Å². The van der Waals surface area contributed by atoms with Crippen LogP contribution >= 0.6 is 0 Å². The summed E-state index contributed by atoms with van der Waals surface area (Å²) in [6.07, 6.45) is 2.57. The van der Waals surface area contributed by atoms with Crippen LogP contribution in [-0.4, -0.2) is 12.1 Å². The van der Waals surface area contributed by atoms with Gasteiger partial charge in [-0.1, -0.05) is 6.92 Å². The van der Waals surface area contributed by atoms with Crippen molar-refractivity contribution in [2.24, 2.45) is 23.2 Å². The highest BCUT2D eigenvalue weighted by Crippen LogP contribution is 2.63. The van der Waals surface area contributed by atoms with Crippen molar-refractivity contribution in [3.8, 4) is 0 Å². The van der Waals surface area contributed by atoms with E-state index in [1.54, 1.807) is 0 Å². The first-order valence-corrected chi connectivity index (χ1v) is 4.84. The van der Waals surface area contributed by atoms with Crippen molar-refractivity contribution in [3.05, 3.63) is 0 Å². The number of carbonyl (C=O) groups is 1. The van der Waals surface area contributed by atoms with Crippen LogP contribution in [-0.2, 0) is 9.53 Å². The third-order valence-electron chi connectivity index (χ3n) is 4.43. The van der Waals surface area contributed by atoms with E-state index in [0.717, 1.165) is 12.3 Å². The predicted octanol–water partition coefficient (Wildman–Crippen LogP) is 1.59. The zero-order valence-electron chi connectivity index (χ0n) is 7.54. The molecule has 0 spiro atoms. The van der Waals surface area contributed by atoms with E-state index in [2.05, 4.69) is 13.8 Å². The molecule has 1 saturated heterocycles. The summed E-state index contributed by atoms with van der Waals surface area (Å²) in [7, 11) is 0. The van der Waals surface area contributed by atoms with Crippen molar-refractivity contribution in [1.82, 2.24) is 0 Å². The lowest BCUT2D eigenvalue weighted by atomic mass is 9.73. The molecule has 1 aliphatic heterocycles. The molecule has 1 heterocycles.